The molecule has 3 nitrogen and oxygen atoms in total. The van der Waals surface area contributed by atoms with Crippen LogP contribution in [-0.2, 0) is 14.4 Å². The van der Waals surface area contributed by atoms with Crippen LogP contribution in [0.15, 0.2) is 12.2 Å². The summed E-state index contributed by atoms with van der Waals surface area (Å²) in [5.74, 6) is -2.00. The van der Waals surface area contributed by atoms with Crippen LogP contribution < -0.4 is 0 Å². The second-order valence-corrected chi connectivity index (χ2v) is 3.16. The number of unbranched alkanes of at least 4 members (excludes halogenated alkanes) is 1. The van der Waals surface area contributed by atoms with Crippen LogP contribution in [0.5, 0.6) is 0 Å². The van der Waals surface area contributed by atoms with Gasteiger partial charge in [0.1, 0.15) is 0 Å². The monoisotopic (exact) mass is 180 g/mol. The van der Waals surface area contributed by atoms with Crippen molar-refractivity contribution in [3.05, 3.63) is 12.2 Å². The Balaban J connectivity index is 2.71. The van der Waals surface area contributed by atoms with E-state index in [-0.39, 0.29) is 5.78 Å². The van der Waals surface area contributed by atoms with E-state index in [0.717, 1.165) is 18.9 Å². The highest BCUT2D eigenvalue weighted by molar-refractivity contribution is 6.48. The summed E-state index contributed by atoms with van der Waals surface area (Å²) >= 11 is 0. The number of allylic oxidation sites excluding steroid dienone is 2. The lowest BCUT2D eigenvalue weighted by Crippen LogP contribution is -2.32. The van der Waals surface area contributed by atoms with E-state index in [9.17, 15) is 14.4 Å². The predicted molar refractivity (Wildman–Crippen MR) is 47.2 cm³/mol. The van der Waals surface area contributed by atoms with Gasteiger partial charge in [0.15, 0.2) is 5.78 Å². The van der Waals surface area contributed by atoms with Gasteiger partial charge in [0.25, 0.3) is 0 Å². The van der Waals surface area contributed by atoms with Gasteiger partial charge in [-0.05, 0) is 18.6 Å². The molecule has 0 aromatic heterocycles. The Bertz CT molecular complexity index is 276. The summed E-state index contributed by atoms with van der Waals surface area (Å²) < 4.78 is 0. The van der Waals surface area contributed by atoms with Crippen LogP contribution in [0.2, 0.25) is 0 Å². The van der Waals surface area contributed by atoms with Gasteiger partial charge in [-0.1, -0.05) is 19.8 Å². The van der Waals surface area contributed by atoms with E-state index < -0.39 is 17.5 Å². The summed E-state index contributed by atoms with van der Waals surface area (Å²) in [5.41, 5.74) is 0. The maximum absolute atomic E-state index is 11.2. The molecule has 0 fully saturated rings. The van der Waals surface area contributed by atoms with Gasteiger partial charge >= 0.3 is 0 Å². The molecule has 0 aromatic carbocycles. The van der Waals surface area contributed by atoms with Gasteiger partial charge in [0.2, 0.25) is 11.6 Å². The van der Waals surface area contributed by atoms with Gasteiger partial charge in [-0.2, -0.15) is 0 Å². The quantitative estimate of drug-likeness (QED) is 0.482. The van der Waals surface area contributed by atoms with E-state index in [4.69, 9.17) is 0 Å². The Morgan fingerprint density at radius 3 is 2.54 bits per heavy atom. The molecule has 3 heteroatoms. The fraction of sp³-hybridized carbons (Fsp3) is 0.500. The van der Waals surface area contributed by atoms with Crippen LogP contribution in [0.1, 0.15) is 26.2 Å². The third-order valence-electron chi connectivity index (χ3n) is 2.15. The Morgan fingerprint density at radius 2 is 1.92 bits per heavy atom. The van der Waals surface area contributed by atoms with E-state index in [1.165, 1.54) is 6.08 Å². The first-order valence-electron chi connectivity index (χ1n) is 4.47. The summed E-state index contributed by atoms with van der Waals surface area (Å²) in [7, 11) is 0. The number of Topliss-reactive ketones (excluding diaryl/α,β-unsaturated/α-hetero) is 1. The molecule has 70 valence electrons. The number of rotatable bonds is 3. The minimum absolute atomic E-state index is 0.224. The normalized spacial score (nSPS) is 22.5. The molecular weight excluding hydrogens is 168 g/mol. The van der Waals surface area contributed by atoms with Gasteiger partial charge in [-0.15, -0.1) is 0 Å². The van der Waals surface area contributed by atoms with Gasteiger partial charge in [0, 0.05) is 0 Å². The van der Waals surface area contributed by atoms with Crippen LogP contribution in [0, 0.1) is 5.92 Å². The van der Waals surface area contributed by atoms with Crippen LogP contribution in [0.25, 0.3) is 0 Å². The molecule has 0 heterocycles. The summed E-state index contributed by atoms with van der Waals surface area (Å²) in [4.78, 5) is 33.3. The molecule has 0 N–H and O–H groups in total. The van der Waals surface area contributed by atoms with Gasteiger partial charge in [-0.3, -0.25) is 14.4 Å². The Morgan fingerprint density at radius 1 is 1.23 bits per heavy atom. The molecule has 13 heavy (non-hydrogen) atoms. The van der Waals surface area contributed by atoms with E-state index >= 15 is 0 Å². The van der Waals surface area contributed by atoms with Crippen LogP contribution in [0.3, 0.4) is 0 Å². The second kappa shape index (κ2) is 4.12. The van der Waals surface area contributed by atoms with Gasteiger partial charge in [0.05, 0.1) is 5.92 Å². The van der Waals surface area contributed by atoms with Crippen molar-refractivity contribution in [3.8, 4) is 0 Å². The van der Waals surface area contributed by atoms with E-state index in [2.05, 4.69) is 0 Å². The van der Waals surface area contributed by atoms with Crippen LogP contribution >= 0.6 is 0 Å². The number of hydrogen-bond donors (Lipinski definition) is 0. The van der Waals surface area contributed by atoms with Crippen molar-refractivity contribution >= 4 is 17.3 Å². The highest BCUT2D eigenvalue weighted by Crippen LogP contribution is 2.15. The topological polar surface area (TPSA) is 51.2 Å². The van der Waals surface area contributed by atoms with Crippen molar-refractivity contribution in [2.24, 2.45) is 5.92 Å². The molecule has 0 bridgehead atoms. The average molecular weight is 180 g/mol. The molecule has 0 radical (unpaired) electrons. The third kappa shape index (κ3) is 2.11. The molecule has 1 aliphatic carbocycles. The smallest absolute Gasteiger partial charge is 0.222 e. The SMILES string of the molecule is CCCCC1C(=O)C=CC(=O)C1=O. The third-order valence-corrected chi connectivity index (χ3v) is 2.15. The Kier molecular flexibility index (Phi) is 3.12. The van der Waals surface area contributed by atoms with Crippen molar-refractivity contribution in [2.75, 3.05) is 0 Å². The molecule has 1 rings (SSSR count). The molecular formula is C10H12O3. The molecule has 1 atom stereocenters. The largest absolute Gasteiger partial charge is 0.294 e. The fourth-order valence-corrected chi connectivity index (χ4v) is 1.34. The van der Waals surface area contributed by atoms with Crippen molar-refractivity contribution < 1.29 is 14.4 Å². The zero-order valence-corrected chi connectivity index (χ0v) is 7.58. The van der Waals surface area contributed by atoms with Crippen molar-refractivity contribution in [1.29, 1.82) is 0 Å². The lowest BCUT2D eigenvalue weighted by Gasteiger charge is -2.13. The lowest BCUT2D eigenvalue weighted by atomic mass is 9.87. The van der Waals surface area contributed by atoms with Crippen molar-refractivity contribution in [2.45, 2.75) is 26.2 Å². The van der Waals surface area contributed by atoms with Gasteiger partial charge in [-0.25, -0.2) is 0 Å². The van der Waals surface area contributed by atoms with Crippen LogP contribution in [0.4, 0.5) is 0 Å². The second-order valence-electron chi connectivity index (χ2n) is 3.16. The van der Waals surface area contributed by atoms with Gasteiger partial charge < -0.3 is 0 Å². The zero-order chi connectivity index (χ0) is 9.84. The van der Waals surface area contributed by atoms with Crippen LogP contribution in [-0.4, -0.2) is 17.3 Å². The standard InChI is InChI=1S/C10H12O3/c1-2-3-4-7-8(11)5-6-9(12)10(7)13/h5-7H,2-4H2,1H3. The number of carbonyl (C=O) groups excluding carboxylic acids is 3. The van der Waals surface area contributed by atoms with E-state index in [1.54, 1.807) is 0 Å². The first-order chi connectivity index (χ1) is 6.16. The molecule has 0 saturated heterocycles. The summed E-state index contributed by atoms with van der Waals surface area (Å²) in [6, 6.07) is 0. The average Bonchev–Trinajstić information content (AvgIpc) is 2.12. The molecule has 0 amide bonds. The Labute approximate surface area is 76.8 Å². The number of ketones is 3. The minimum Gasteiger partial charge on any atom is -0.294 e. The Hall–Kier alpha value is -1.25. The fourth-order valence-electron chi connectivity index (χ4n) is 1.34. The number of hydrogen-bond acceptors (Lipinski definition) is 3. The summed E-state index contributed by atoms with van der Waals surface area (Å²) in [6.45, 7) is 1.98. The predicted octanol–water partition coefficient (Wildman–Crippen LogP) is 1.07. The zero-order valence-electron chi connectivity index (χ0n) is 7.58. The molecule has 0 aliphatic heterocycles. The molecule has 0 spiro atoms. The maximum Gasteiger partial charge on any atom is 0.222 e. The maximum atomic E-state index is 11.2. The lowest BCUT2D eigenvalue weighted by molar-refractivity contribution is -0.140. The highest BCUT2D eigenvalue weighted by Gasteiger charge is 2.31. The molecule has 0 saturated carbocycles. The summed E-state index contributed by atoms with van der Waals surface area (Å²) in [5, 5.41) is 0. The van der Waals surface area contributed by atoms with Crippen molar-refractivity contribution in [1.82, 2.24) is 0 Å². The van der Waals surface area contributed by atoms with E-state index in [0.29, 0.717) is 6.42 Å². The summed E-state index contributed by atoms with van der Waals surface area (Å²) in [6.07, 6.45) is 4.51. The van der Waals surface area contributed by atoms with Crippen molar-refractivity contribution in [3.63, 3.8) is 0 Å². The molecule has 1 aliphatic rings. The molecule has 1 unspecified atom stereocenters. The number of carbonyl (C=O) groups is 3. The first-order valence-corrected chi connectivity index (χ1v) is 4.47. The first kappa shape index (κ1) is 9.84. The minimum atomic E-state index is -0.697. The molecule has 0 aromatic rings. The highest BCUT2D eigenvalue weighted by atomic mass is 16.2. The van der Waals surface area contributed by atoms with E-state index in [1.807, 2.05) is 6.92 Å².